The first-order valence-electron chi connectivity index (χ1n) is 12.4. The van der Waals surface area contributed by atoms with Crippen molar-refractivity contribution in [2.75, 3.05) is 18.5 Å². The van der Waals surface area contributed by atoms with Crippen LogP contribution in [0.4, 0.5) is 11.4 Å². The van der Waals surface area contributed by atoms with Crippen LogP contribution >= 0.6 is 0 Å². The molecule has 0 atom stereocenters. The van der Waals surface area contributed by atoms with Gasteiger partial charge in [-0.05, 0) is 56.0 Å². The van der Waals surface area contributed by atoms with E-state index in [9.17, 15) is 14.9 Å². The fraction of sp³-hybridized carbons (Fsp3) is 0.310. The van der Waals surface area contributed by atoms with E-state index >= 15 is 0 Å². The maximum Gasteiger partial charge on any atom is 0.269 e. The average Bonchev–Trinajstić information content (AvgIpc) is 3.30. The fourth-order valence-corrected chi connectivity index (χ4v) is 3.42. The highest BCUT2D eigenvalue weighted by atomic mass is 16.6. The van der Waals surface area contributed by atoms with Crippen LogP contribution in [0, 0.1) is 10.1 Å². The summed E-state index contributed by atoms with van der Waals surface area (Å²) in [6.45, 7) is 13.8. The summed E-state index contributed by atoms with van der Waals surface area (Å²) in [4.78, 5) is 26.8. The van der Waals surface area contributed by atoms with Gasteiger partial charge in [-0.1, -0.05) is 50.3 Å². The van der Waals surface area contributed by atoms with Crippen LogP contribution in [0.15, 0.2) is 83.5 Å². The van der Waals surface area contributed by atoms with E-state index in [-0.39, 0.29) is 18.0 Å². The zero-order valence-electron chi connectivity index (χ0n) is 22.0. The molecule has 1 aliphatic heterocycles. The van der Waals surface area contributed by atoms with Crippen LogP contribution in [-0.4, -0.2) is 29.9 Å². The molecule has 2 aromatic rings. The van der Waals surface area contributed by atoms with E-state index in [1.807, 2.05) is 44.2 Å². The third-order valence-corrected chi connectivity index (χ3v) is 5.24. The number of amides is 1. The van der Waals surface area contributed by atoms with Crippen molar-refractivity contribution in [3.8, 4) is 0 Å². The smallest absolute Gasteiger partial charge is 0.269 e. The molecule has 0 radical (unpaired) electrons. The van der Waals surface area contributed by atoms with E-state index in [0.29, 0.717) is 11.3 Å². The quantitative estimate of drug-likeness (QED) is 0.221. The zero-order valence-corrected chi connectivity index (χ0v) is 22.0. The Kier molecular flexibility index (Phi) is 12.0. The fourth-order valence-electron chi connectivity index (χ4n) is 3.42. The number of allylic oxidation sites excluding steroid dienone is 1. The van der Waals surface area contributed by atoms with Gasteiger partial charge in [0.1, 0.15) is 5.84 Å². The van der Waals surface area contributed by atoms with E-state index in [1.54, 1.807) is 12.1 Å². The molecule has 1 aliphatic rings. The SMILES string of the molecule is C=CN=C1NC(c2ccc(NC(=O)Cc3ccc([N+](=O)[O-])cc3)cc2)=CC1=C(C)C.CCCOCCC. The number of nitro groups is 1. The number of carbonyl (C=O) groups is 1. The summed E-state index contributed by atoms with van der Waals surface area (Å²) in [7, 11) is 0. The molecule has 37 heavy (non-hydrogen) atoms. The summed E-state index contributed by atoms with van der Waals surface area (Å²) in [5.41, 5.74) is 5.46. The van der Waals surface area contributed by atoms with Gasteiger partial charge >= 0.3 is 0 Å². The minimum absolute atomic E-state index is 0.00198. The molecule has 0 unspecified atom stereocenters. The molecule has 0 aromatic heterocycles. The minimum atomic E-state index is -0.465. The van der Waals surface area contributed by atoms with E-state index in [2.05, 4.69) is 36.1 Å². The van der Waals surface area contributed by atoms with Crippen molar-refractivity contribution in [2.24, 2.45) is 4.99 Å². The van der Waals surface area contributed by atoms with Gasteiger partial charge in [0.25, 0.3) is 5.69 Å². The van der Waals surface area contributed by atoms with Crippen molar-refractivity contribution < 1.29 is 14.5 Å². The zero-order chi connectivity index (χ0) is 27.2. The van der Waals surface area contributed by atoms with Crippen LogP contribution in [0.1, 0.15) is 51.7 Å². The van der Waals surface area contributed by atoms with Crippen LogP contribution in [0.25, 0.3) is 5.70 Å². The Balaban J connectivity index is 0.000000604. The number of hydrogen-bond acceptors (Lipinski definition) is 5. The van der Waals surface area contributed by atoms with Crippen molar-refractivity contribution in [2.45, 2.75) is 47.0 Å². The van der Waals surface area contributed by atoms with E-state index in [0.717, 1.165) is 54.3 Å². The first kappa shape index (κ1) is 29.2. The lowest BCUT2D eigenvalue weighted by atomic mass is 10.1. The van der Waals surface area contributed by atoms with Gasteiger partial charge in [0, 0.05) is 48.5 Å². The van der Waals surface area contributed by atoms with E-state index in [1.165, 1.54) is 18.3 Å². The Morgan fingerprint density at radius 1 is 1.08 bits per heavy atom. The Hall–Kier alpha value is -4.04. The largest absolute Gasteiger partial charge is 0.381 e. The number of aliphatic imine (C=N–C) groups is 1. The first-order chi connectivity index (χ1) is 17.8. The minimum Gasteiger partial charge on any atom is -0.381 e. The summed E-state index contributed by atoms with van der Waals surface area (Å²) in [6, 6.07) is 13.5. The number of anilines is 1. The van der Waals surface area contributed by atoms with Crippen LogP contribution in [-0.2, 0) is 16.0 Å². The maximum absolute atomic E-state index is 12.3. The molecule has 0 saturated carbocycles. The molecule has 8 nitrogen and oxygen atoms in total. The lowest BCUT2D eigenvalue weighted by molar-refractivity contribution is -0.384. The van der Waals surface area contributed by atoms with Gasteiger partial charge < -0.3 is 15.4 Å². The third kappa shape index (κ3) is 9.50. The lowest BCUT2D eigenvalue weighted by Gasteiger charge is -2.08. The third-order valence-electron chi connectivity index (χ3n) is 5.24. The van der Waals surface area contributed by atoms with Crippen molar-refractivity contribution >= 4 is 28.8 Å². The number of nitrogens with zero attached hydrogens (tertiary/aromatic N) is 2. The predicted octanol–water partition coefficient (Wildman–Crippen LogP) is 6.42. The molecule has 1 heterocycles. The van der Waals surface area contributed by atoms with Crippen molar-refractivity contribution in [3.05, 3.63) is 99.8 Å². The highest BCUT2D eigenvalue weighted by Gasteiger charge is 2.18. The number of benzene rings is 2. The number of amidine groups is 1. The molecular formula is C29H36N4O4. The number of carbonyl (C=O) groups excluding carboxylic acids is 1. The first-order valence-corrected chi connectivity index (χ1v) is 12.4. The molecule has 2 aromatic carbocycles. The second-order valence-electron chi connectivity index (χ2n) is 8.60. The molecular weight excluding hydrogens is 468 g/mol. The van der Waals surface area contributed by atoms with Gasteiger partial charge in [-0.25, -0.2) is 4.99 Å². The molecule has 196 valence electrons. The lowest BCUT2D eigenvalue weighted by Crippen LogP contribution is -2.17. The van der Waals surface area contributed by atoms with Crippen molar-refractivity contribution in [1.82, 2.24) is 5.32 Å². The summed E-state index contributed by atoms with van der Waals surface area (Å²) >= 11 is 0. The normalized spacial score (nSPS) is 13.2. The molecule has 0 fully saturated rings. The Morgan fingerprint density at radius 2 is 1.70 bits per heavy atom. The highest BCUT2D eigenvalue weighted by molar-refractivity contribution is 6.11. The molecule has 0 spiro atoms. The number of nitrogens with one attached hydrogen (secondary N) is 2. The summed E-state index contributed by atoms with van der Waals surface area (Å²) < 4.78 is 5.13. The number of rotatable bonds is 10. The van der Waals surface area contributed by atoms with Gasteiger partial charge in [0.2, 0.25) is 5.91 Å². The number of nitro benzene ring substituents is 1. The predicted molar refractivity (Wildman–Crippen MR) is 150 cm³/mol. The molecule has 0 aliphatic carbocycles. The van der Waals surface area contributed by atoms with Crippen LogP contribution in [0.2, 0.25) is 0 Å². The van der Waals surface area contributed by atoms with E-state index < -0.39 is 4.92 Å². The summed E-state index contributed by atoms with van der Waals surface area (Å²) in [6.07, 6.45) is 5.96. The second kappa shape index (κ2) is 15.2. The number of non-ortho nitro benzene ring substituents is 1. The standard InChI is InChI=1S/C23H22N4O3.C6H14O/c1-4-24-23-20(15(2)3)14-21(26-23)17-7-9-18(10-8-17)25-22(28)13-16-5-11-19(12-6-16)27(29)30;1-3-5-7-6-4-2/h4-12,14H,1,13H2,2-3H3,(H,24,26)(H,25,28);3-6H2,1-2H3. The van der Waals surface area contributed by atoms with Gasteiger partial charge in [0.05, 0.1) is 11.3 Å². The van der Waals surface area contributed by atoms with Crippen molar-refractivity contribution in [3.63, 3.8) is 0 Å². The summed E-state index contributed by atoms with van der Waals surface area (Å²) in [5, 5.41) is 16.8. The van der Waals surface area contributed by atoms with Crippen LogP contribution in [0.3, 0.4) is 0 Å². The van der Waals surface area contributed by atoms with Crippen LogP contribution < -0.4 is 10.6 Å². The molecule has 0 bridgehead atoms. The summed E-state index contributed by atoms with van der Waals surface area (Å²) in [5.74, 6) is 0.572. The van der Waals surface area contributed by atoms with Crippen LogP contribution in [0.5, 0.6) is 0 Å². The monoisotopic (exact) mass is 504 g/mol. The van der Waals surface area contributed by atoms with Gasteiger partial charge in [-0.2, -0.15) is 0 Å². The number of hydrogen-bond donors (Lipinski definition) is 2. The van der Waals surface area contributed by atoms with E-state index in [4.69, 9.17) is 4.74 Å². The maximum atomic E-state index is 12.3. The second-order valence-corrected chi connectivity index (χ2v) is 8.60. The van der Waals surface area contributed by atoms with Crippen molar-refractivity contribution in [1.29, 1.82) is 0 Å². The topological polar surface area (TPSA) is 106 Å². The Labute approximate surface area is 219 Å². The Morgan fingerprint density at radius 3 is 2.22 bits per heavy atom. The molecule has 0 saturated heterocycles. The van der Waals surface area contributed by atoms with Gasteiger partial charge in [0.15, 0.2) is 0 Å². The Bertz CT molecular complexity index is 1160. The van der Waals surface area contributed by atoms with Gasteiger partial charge in [-0.3, -0.25) is 14.9 Å². The molecule has 2 N–H and O–H groups in total. The van der Waals surface area contributed by atoms with Gasteiger partial charge in [-0.15, -0.1) is 0 Å². The highest BCUT2D eigenvalue weighted by Crippen LogP contribution is 2.24. The molecule has 3 rings (SSSR count). The molecule has 1 amide bonds. The number of ether oxygens (including phenoxy) is 1. The molecule has 8 heteroatoms. The average molecular weight is 505 g/mol.